The maximum absolute atomic E-state index is 12.6. The standard InChI is InChI=1S/C14H20BrN3O2/c1-4-18(8-10(3)13(16)17-20)14(19)12-7-11(15)6-5-9(12)2/h5-7,10,20H,4,8H2,1-3H3,(H2,16,17). The first kappa shape index (κ1) is 16.5. The predicted molar refractivity (Wildman–Crippen MR) is 83.0 cm³/mol. The van der Waals surface area contributed by atoms with Gasteiger partial charge in [0, 0.05) is 29.0 Å². The molecule has 1 aromatic rings. The number of aryl methyl sites for hydroxylation is 1. The number of nitrogens with zero attached hydrogens (tertiary/aromatic N) is 2. The van der Waals surface area contributed by atoms with Crippen molar-refractivity contribution in [3.63, 3.8) is 0 Å². The summed E-state index contributed by atoms with van der Waals surface area (Å²) in [6.07, 6.45) is 0. The zero-order chi connectivity index (χ0) is 15.3. The van der Waals surface area contributed by atoms with Crippen molar-refractivity contribution in [2.24, 2.45) is 16.8 Å². The molecule has 0 aliphatic carbocycles. The summed E-state index contributed by atoms with van der Waals surface area (Å²) in [7, 11) is 0. The summed E-state index contributed by atoms with van der Waals surface area (Å²) in [4.78, 5) is 14.2. The maximum atomic E-state index is 12.6. The molecule has 1 unspecified atom stereocenters. The Balaban J connectivity index is 2.95. The summed E-state index contributed by atoms with van der Waals surface area (Å²) in [5, 5.41) is 11.7. The van der Waals surface area contributed by atoms with Crippen LogP contribution in [0.5, 0.6) is 0 Å². The van der Waals surface area contributed by atoms with E-state index in [1.807, 2.05) is 39.0 Å². The highest BCUT2D eigenvalue weighted by atomic mass is 79.9. The zero-order valence-electron chi connectivity index (χ0n) is 11.9. The van der Waals surface area contributed by atoms with Crippen LogP contribution in [0.25, 0.3) is 0 Å². The number of amidine groups is 1. The number of nitrogens with two attached hydrogens (primary N) is 1. The molecule has 0 aromatic heterocycles. The number of oxime groups is 1. The van der Waals surface area contributed by atoms with E-state index in [4.69, 9.17) is 10.9 Å². The molecule has 0 bridgehead atoms. The third-order valence-corrected chi connectivity index (χ3v) is 3.71. The van der Waals surface area contributed by atoms with Crippen molar-refractivity contribution in [1.82, 2.24) is 4.90 Å². The van der Waals surface area contributed by atoms with Gasteiger partial charge in [0.25, 0.3) is 5.91 Å². The van der Waals surface area contributed by atoms with Gasteiger partial charge in [-0.1, -0.05) is 34.1 Å². The van der Waals surface area contributed by atoms with Crippen LogP contribution in [-0.4, -0.2) is 34.9 Å². The summed E-state index contributed by atoms with van der Waals surface area (Å²) in [6, 6.07) is 5.62. The van der Waals surface area contributed by atoms with Crippen molar-refractivity contribution in [2.75, 3.05) is 13.1 Å². The minimum atomic E-state index is -0.198. The molecule has 1 rings (SSSR count). The van der Waals surface area contributed by atoms with Gasteiger partial charge < -0.3 is 15.8 Å². The van der Waals surface area contributed by atoms with E-state index >= 15 is 0 Å². The molecule has 110 valence electrons. The van der Waals surface area contributed by atoms with Crippen LogP contribution in [0.15, 0.2) is 27.8 Å². The highest BCUT2D eigenvalue weighted by Gasteiger charge is 2.20. The Morgan fingerprint density at radius 2 is 2.20 bits per heavy atom. The average molecular weight is 342 g/mol. The number of rotatable bonds is 5. The van der Waals surface area contributed by atoms with Crippen LogP contribution >= 0.6 is 15.9 Å². The molecule has 1 amide bonds. The second kappa shape index (κ2) is 7.28. The Bertz CT molecular complexity index is 517. The van der Waals surface area contributed by atoms with Gasteiger partial charge in [0.2, 0.25) is 0 Å². The largest absolute Gasteiger partial charge is 0.409 e. The number of hydrogen-bond donors (Lipinski definition) is 2. The molecule has 1 atom stereocenters. The summed E-state index contributed by atoms with van der Waals surface area (Å²) in [5.74, 6) is -0.123. The molecule has 1 aromatic carbocycles. The summed E-state index contributed by atoms with van der Waals surface area (Å²) >= 11 is 3.38. The van der Waals surface area contributed by atoms with Gasteiger partial charge in [-0.3, -0.25) is 4.79 Å². The van der Waals surface area contributed by atoms with E-state index in [1.54, 1.807) is 4.90 Å². The lowest BCUT2D eigenvalue weighted by Crippen LogP contribution is -2.39. The normalized spacial score (nSPS) is 13.1. The van der Waals surface area contributed by atoms with Gasteiger partial charge in [-0.05, 0) is 31.5 Å². The van der Waals surface area contributed by atoms with Crippen LogP contribution in [0, 0.1) is 12.8 Å². The fourth-order valence-electron chi connectivity index (χ4n) is 1.87. The van der Waals surface area contributed by atoms with Gasteiger partial charge >= 0.3 is 0 Å². The highest BCUT2D eigenvalue weighted by molar-refractivity contribution is 9.10. The molecule has 0 aliphatic heterocycles. The lowest BCUT2D eigenvalue weighted by Gasteiger charge is -2.25. The van der Waals surface area contributed by atoms with E-state index in [2.05, 4.69) is 21.1 Å². The van der Waals surface area contributed by atoms with E-state index in [-0.39, 0.29) is 17.7 Å². The van der Waals surface area contributed by atoms with Crippen LogP contribution in [0.3, 0.4) is 0 Å². The second-order valence-electron chi connectivity index (χ2n) is 4.73. The molecule has 3 N–H and O–H groups in total. The monoisotopic (exact) mass is 341 g/mol. The Kier molecular flexibility index (Phi) is 6.01. The fourth-order valence-corrected chi connectivity index (χ4v) is 2.23. The first-order valence-corrected chi connectivity index (χ1v) is 7.22. The highest BCUT2D eigenvalue weighted by Crippen LogP contribution is 2.18. The van der Waals surface area contributed by atoms with Crippen LogP contribution in [0.2, 0.25) is 0 Å². The molecule has 6 heteroatoms. The minimum Gasteiger partial charge on any atom is -0.409 e. The number of amides is 1. The molecule has 20 heavy (non-hydrogen) atoms. The summed E-state index contributed by atoms with van der Waals surface area (Å²) in [6.45, 7) is 6.61. The van der Waals surface area contributed by atoms with E-state index < -0.39 is 0 Å². The van der Waals surface area contributed by atoms with Crippen LogP contribution in [0.1, 0.15) is 29.8 Å². The SMILES string of the molecule is CCN(CC(C)C(N)=NO)C(=O)c1cc(Br)ccc1C. The number of carbonyl (C=O) groups excluding carboxylic acids is 1. The molecule has 0 heterocycles. The third-order valence-electron chi connectivity index (χ3n) is 3.21. The molecular formula is C14H20BrN3O2. The first-order valence-electron chi connectivity index (χ1n) is 6.43. The summed E-state index contributed by atoms with van der Waals surface area (Å²) in [5.41, 5.74) is 7.15. The van der Waals surface area contributed by atoms with Gasteiger partial charge in [-0.2, -0.15) is 0 Å². The van der Waals surface area contributed by atoms with Crippen molar-refractivity contribution in [3.8, 4) is 0 Å². The van der Waals surface area contributed by atoms with Gasteiger partial charge in [0.15, 0.2) is 0 Å². The number of hydrogen-bond acceptors (Lipinski definition) is 3. The molecule has 0 radical (unpaired) electrons. The Hall–Kier alpha value is -1.56. The smallest absolute Gasteiger partial charge is 0.254 e. The average Bonchev–Trinajstić information content (AvgIpc) is 2.45. The third kappa shape index (κ3) is 3.96. The maximum Gasteiger partial charge on any atom is 0.254 e. The number of benzene rings is 1. The molecule has 0 fully saturated rings. The van der Waals surface area contributed by atoms with Crippen LogP contribution < -0.4 is 5.73 Å². The Morgan fingerprint density at radius 1 is 1.55 bits per heavy atom. The molecular weight excluding hydrogens is 322 g/mol. The number of carbonyl (C=O) groups is 1. The lowest BCUT2D eigenvalue weighted by molar-refractivity contribution is 0.0753. The zero-order valence-corrected chi connectivity index (χ0v) is 13.5. The van der Waals surface area contributed by atoms with Crippen LogP contribution in [0.4, 0.5) is 0 Å². The van der Waals surface area contributed by atoms with Crippen molar-refractivity contribution in [3.05, 3.63) is 33.8 Å². The van der Waals surface area contributed by atoms with E-state index in [0.717, 1.165) is 10.0 Å². The quantitative estimate of drug-likeness (QED) is 0.374. The van der Waals surface area contributed by atoms with E-state index in [1.165, 1.54) is 0 Å². The Morgan fingerprint density at radius 3 is 2.75 bits per heavy atom. The van der Waals surface area contributed by atoms with E-state index in [9.17, 15) is 4.79 Å². The topological polar surface area (TPSA) is 78.9 Å². The Labute approximate surface area is 127 Å². The lowest BCUT2D eigenvalue weighted by atomic mass is 10.1. The summed E-state index contributed by atoms with van der Waals surface area (Å²) < 4.78 is 0.868. The molecule has 0 aliphatic rings. The van der Waals surface area contributed by atoms with Crippen LogP contribution in [-0.2, 0) is 0 Å². The van der Waals surface area contributed by atoms with Gasteiger partial charge in [-0.25, -0.2) is 0 Å². The van der Waals surface area contributed by atoms with E-state index in [0.29, 0.717) is 18.7 Å². The van der Waals surface area contributed by atoms with Crippen molar-refractivity contribution >= 4 is 27.7 Å². The van der Waals surface area contributed by atoms with Gasteiger partial charge in [-0.15, -0.1) is 0 Å². The molecule has 0 saturated heterocycles. The number of halogens is 1. The van der Waals surface area contributed by atoms with Gasteiger partial charge in [0.05, 0.1) is 0 Å². The van der Waals surface area contributed by atoms with Crippen molar-refractivity contribution < 1.29 is 10.0 Å². The molecule has 0 saturated carbocycles. The molecule has 0 spiro atoms. The molecule has 5 nitrogen and oxygen atoms in total. The van der Waals surface area contributed by atoms with Crippen molar-refractivity contribution in [2.45, 2.75) is 20.8 Å². The van der Waals surface area contributed by atoms with Crippen molar-refractivity contribution in [1.29, 1.82) is 0 Å². The first-order chi connectivity index (χ1) is 9.40. The minimum absolute atomic E-state index is 0.0520. The predicted octanol–water partition coefficient (Wildman–Crippen LogP) is 2.60. The second-order valence-corrected chi connectivity index (χ2v) is 5.64. The van der Waals surface area contributed by atoms with Gasteiger partial charge in [0.1, 0.15) is 5.84 Å². The fraction of sp³-hybridized carbons (Fsp3) is 0.429.